The second-order valence-electron chi connectivity index (χ2n) is 4.15. The summed E-state index contributed by atoms with van der Waals surface area (Å²) in [6, 6.07) is 6.20. The summed E-state index contributed by atoms with van der Waals surface area (Å²) in [5, 5.41) is 1.24. The molecule has 3 rings (SSSR count). The number of methoxy groups -OCH3 is 1. The lowest BCUT2D eigenvalue weighted by atomic mass is 10.0. The molecular formula is C13H15NO2S. The number of fused-ring (bicyclic) bond motifs is 3. The maximum Gasteiger partial charge on any atom is 0.119 e. The van der Waals surface area contributed by atoms with Crippen molar-refractivity contribution in [3.63, 3.8) is 0 Å². The molecular weight excluding hydrogens is 234 g/mol. The monoisotopic (exact) mass is 249 g/mol. The molecule has 2 aromatic rings. The topological polar surface area (TPSA) is 44.5 Å². The fourth-order valence-corrected chi connectivity index (χ4v) is 3.59. The number of hydrogen-bond donors (Lipinski definition) is 1. The van der Waals surface area contributed by atoms with Gasteiger partial charge in [-0.1, -0.05) is 0 Å². The molecule has 0 radical (unpaired) electrons. The van der Waals surface area contributed by atoms with Crippen molar-refractivity contribution in [2.75, 3.05) is 20.3 Å². The molecule has 1 atom stereocenters. The molecule has 1 aliphatic heterocycles. The average molecular weight is 249 g/mol. The van der Waals surface area contributed by atoms with Crippen LogP contribution < -0.4 is 10.5 Å². The fraction of sp³-hybridized carbons (Fsp3) is 0.385. The maximum absolute atomic E-state index is 5.79. The Morgan fingerprint density at radius 2 is 2.41 bits per heavy atom. The molecule has 0 bridgehead atoms. The smallest absolute Gasteiger partial charge is 0.119 e. The van der Waals surface area contributed by atoms with E-state index in [1.54, 1.807) is 7.11 Å². The Morgan fingerprint density at radius 3 is 3.18 bits per heavy atom. The summed E-state index contributed by atoms with van der Waals surface area (Å²) in [5.41, 5.74) is 7.06. The lowest BCUT2D eigenvalue weighted by molar-refractivity contribution is 0.0508. The van der Waals surface area contributed by atoms with Crippen LogP contribution in [0.3, 0.4) is 0 Å². The van der Waals surface area contributed by atoms with Crippen LogP contribution in [0.2, 0.25) is 0 Å². The van der Waals surface area contributed by atoms with Crippen LogP contribution in [0, 0.1) is 0 Å². The molecule has 0 amide bonds. The van der Waals surface area contributed by atoms with Gasteiger partial charge >= 0.3 is 0 Å². The van der Waals surface area contributed by atoms with E-state index in [0.717, 1.165) is 18.8 Å². The van der Waals surface area contributed by atoms with E-state index in [-0.39, 0.29) is 6.10 Å². The normalized spacial score (nSPS) is 19.3. The number of hydrogen-bond acceptors (Lipinski definition) is 4. The number of rotatable bonds is 2. The lowest BCUT2D eigenvalue weighted by Gasteiger charge is -2.22. The first-order valence-corrected chi connectivity index (χ1v) is 6.56. The summed E-state index contributed by atoms with van der Waals surface area (Å²) < 4.78 is 12.3. The Labute approximate surface area is 104 Å². The average Bonchev–Trinajstić information content (AvgIpc) is 2.75. The molecule has 2 N–H and O–H groups in total. The highest BCUT2D eigenvalue weighted by Crippen LogP contribution is 2.40. The van der Waals surface area contributed by atoms with Gasteiger partial charge in [-0.3, -0.25) is 0 Å². The van der Waals surface area contributed by atoms with Crippen molar-refractivity contribution in [3.05, 3.63) is 28.6 Å². The first kappa shape index (κ1) is 11.0. The van der Waals surface area contributed by atoms with Gasteiger partial charge in [-0.15, -0.1) is 11.3 Å². The summed E-state index contributed by atoms with van der Waals surface area (Å²) >= 11 is 1.85. The molecule has 2 heterocycles. The van der Waals surface area contributed by atoms with Gasteiger partial charge in [0.25, 0.3) is 0 Å². The second kappa shape index (κ2) is 4.29. The summed E-state index contributed by atoms with van der Waals surface area (Å²) in [5.74, 6) is 0.888. The van der Waals surface area contributed by atoms with Crippen molar-refractivity contribution in [2.24, 2.45) is 5.73 Å². The van der Waals surface area contributed by atoms with Crippen LogP contribution in [-0.2, 0) is 11.2 Å². The third-order valence-corrected chi connectivity index (χ3v) is 4.44. The van der Waals surface area contributed by atoms with E-state index >= 15 is 0 Å². The Kier molecular flexibility index (Phi) is 2.78. The molecule has 1 unspecified atom stereocenters. The van der Waals surface area contributed by atoms with E-state index < -0.39 is 0 Å². The van der Waals surface area contributed by atoms with E-state index in [0.29, 0.717) is 6.54 Å². The highest BCUT2D eigenvalue weighted by Gasteiger charge is 2.24. The van der Waals surface area contributed by atoms with Crippen LogP contribution in [0.15, 0.2) is 18.2 Å². The largest absolute Gasteiger partial charge is 0.497 e. The number of ether oxygens (including phenoxy) is 2. The molecule has 1 aliphatic rings. The van der Waals surface area contributed by atoms with Gasteiger partial charge in [0.1, 0.15) is 5.75 Å². The van der Waals surface area contributed by atoms with Crippen molar-refractivity contribution in [3.8, 4) is 5.75 Å². The number of nitrogens with two attached hydrogens (primary N) is 1. The quantitative estimate of drug-likeness (QED) is 0.889. The van der Waals surface area contributed by atoms with E-state index in [2.05, 4.69) is 12.1 Å². The van der Waals surface area contributed by atoms with Gasteiger partial charge in [0, 0.05) is 33.5 Å². The van der Waals surface area contributed by atoms with Crippen LogP contribution in [0.5, 0.6) is 5.75 Å². The highest BCUT2D eigenvalue weighted by molar-refractivity contribution is 7.19. The van der Waals surface area contributed by atoms with Crippen LogP contribution in [0.1, 0.15) is 16.5 Å². The van der Waals surface area contributed by atoms with Crippen molar-refractivity contribution in [1.82, 2.24) is 0 Å². The SMILES string of the molecule is COc1ccc2sc3c(c2c1)C(CN)OCC3. The minimum atomic E-state index is 0.0413. The molecule has 0 fully saturated rings. The molecule has 4 heteroatoms. The first-order valence-electron chi connectivity index (χ1n) is 5.74. The Morgan fingerprint density at radius 1 is 1.53 bits per heavy atom. The Bertz CT molecular complexity index is 550. The minimum Gasteiger partial charge on any atom is -0.497 e. The van der Waals surface area contributed by atoms with Crippen molar-refractivity contribution in [1.29, 1.82) is 0 Å². The molecule has 1 aromatic heterocycles. The predicted octanol–water partition coefficient (Wildman–Crippen LogP) is 2.48. The van der Waals surface area contributed by atoms with Crippen LogP contribution in [-0.4, -0.2) is 20.3 Å². The number of benzene rings is 1. The standard InChI is InChI=1S/C13H15NO2S/c1-15-8-2-3-11-9(6-8)13-10(7-14)16-5-4-12(13)17-11/h2-3,6,10H,4-5,7,14H2,1H3. The number of thiophene rings is 1. The third-order valence-electron chi connectivity index (χ3n) is 3.19. The zero-order valence-corrected chi connectivity index (χ0v) is 10.5. The van der Waals surface area contributed by atoms with Gasteiger partial charge in [0.2, 0.25) is 0 Å². The van der Waals surface area contributed by atoms with E-state index in [9.17, 15) is 0 Å². The maximum atomic E-state index is 5.79. The predicted molar refractivity (Wildman–Crippen MR) is 69.8 cm³/mol. The summed E-state index contributed by atoms with van der Waals surface area (Å²) in [6.07, 6.45) is 1.03. The molecule has 0 saturated heterocycles. The zero-order chi connectivity index (χ0) is 11.8. The second-order valence-corrected chi connectivity index (χ2v) is 5.28. The van der Waals surface area contributed by atoms with E-state index in [1.807, 2.05) is 17.4 Å². The van der Waals surface area contributed by atoms with Gasteiger partial charge in [0.15, 0.2) is 0 Å². The highest BCUT2D eigenvalue weighted by atomic mass is 32.1. The summed E-state index contributed by atoms with van der Waals surface area (Å²) in [6.45, 7) is 1.31. The van der Waals surface area contributed by atoms with Gasteiger partial charge in [0.05, 0.1) is 19.8 Å². The molecule has 0 aliphatic carbocycles. The molecule has 1 aromatic carbocycles. The molecule has 0 spiro atoms. The lowest BCUT2D eigenvalue weighted by Crippen LogP contribution is -2.21. The van der Waals surface area contributed by atoms with E-state index in [4.69, 9.17) is 15.2 Å². The van der Waals surface area contributed by atoms with Crippen LogP contribution in [0.4, 0.5) is 0 Å². The Balaban J connectivity index is 2.23. The first-order chi connectivity index (χ1) is 8.33. The summed E-state index contributed by atoms with van der Waals surface area (Å²) in [4.78, 5) is 1.41. The summed E-state index contributed by atoms with van der Waals surface area (Å²) in [7, 11) is 1.69. The van der Waals surface area contributed by atoms with Crippen molar-refractivity contribution in [2.45, 2.75) is 12.5 Å². The van der Waals surface area contributed by atoms with Crippen molar-refractivity contribution >= 4 is 21.4 Å². The van der Waals surface area contributed by atoms with Crippen LogP contribution >= 0.6 is 11.3 Å². The fourth-order valence-electron chi connectivity index (χ4n) is 2.38. The molecule has 0 saturated carbocycles. The molecule has 3 nitrogen and oxygen atoms in total. The minimum absolute atomic E-state index is 0.0413. The molecule has 90 valence electrons. The van der Waals surface area contributed by atoms with Gasteiger partial charge in [-0.2, -0.15) is 0 Å². The van der Waals surface area contributed by atoms with Gasteiger partial charge in [-0.05, 0) is 18.2 Å². The zero-order valence-electron chi connectivity index (χ0n) is 9.73. The Hall–Kier alpha value is -1.10. The van der Waals surface area contributed by atoms with Crippen LogP contribution in [0.25, 0.3) is 10.1 Å². The van der Waals surface area contributed by atoms with Gasteiger partial charge < -0.3 is 15.2 Å². The molecule has 17 heavy (non-hydrogen) atoms. The van der Waals surface area contributed by atoms with Crippen molar-refractivity contribution < 1.29 is 9.47 Å². The third kappa shape index (κ3) is 1.73. The van der Waals surface area contributed by atoms with E-state index in [1.165, 1.54) is 20.5 Å². The van der Waals surface area contributed by atoms with Gasteiger partial charge in [-0.25, -0.2) is 0 Å².